The number of carbonyl (C=O) groups excluding carboxylic acids is 1. The Hall–Kier alpha value is -1.86. The Morgan fingerprint density at radius 1 is 1.35 bits per heavy atom. The summed E-state index contributed by atoms with van der Waals surface area (Å²) in [6.45, 7) is -0.683. The standard InChI is InChI=1S/C12H12F5NO2/c1-18(11(19)12(16,17)10(14)15)6-7-20-9-5-3-2-4-8(9)13/h2-5,10H,6-7H2,1H3. The zero-order chi connectivity index (χ0) is 15.3. The molecule has 0 spiro atoms. The molecule has 0 bridgehead atoms. The predicted molar refractivity (Wildman–Crippen MR) is 60.5 cm³/mol. The Kier molecular flexibility index (Phi) is 5.29. The molecule has 0 aliphatic carbocycles. The summed E-state index contributed by atoms with van der Waals surface area (Å²) >= 11 is 0. The fourth-order valence-corrected chi connectivity index (χ4v) is 1.30. The van der Waals surface area contributed by atoms with Crippen LogP contribution in [0.4, 0.5) is 22.0 Å². The van der Waals surface area contributed by atoms with Gasteiger partial charge in [0.2, 0.25) is 0 Å². The summed E-state index contributed by atoms with van der Waals surface area (Å²) in [4.78, 5) is 11.5. The van der Waals surface area contributed by atoms with E-state index in [1.165, 1.54) is 18.2 Å². The van der Waals surface area contributed by atoms with Crippen LogP contribution >= 0.6 is 0 Å². The van der Waals surface area contributed by atoms with Gasteiger partial charge in [-0.05, 0) is 12.1 Å². The molecule has 20 heavy (non-hydrogen) atoms. The van der Waals surface area contributed by atoms with Crippen molar-refractivity contribution < 1.29 is 31.5 Å². The summed E-state index contributed by atoms with van der Waals surface area (Å²) in [6.07, 6.45) is -4.08. The van der Waals surface area contributed by atoms with Gasteiger partial charge in [0.15, 0.2) is 11.6 Å². The molecule has 0 saturated carbocycles. The van der Waals surface area contributed by atoms with Gasteiger partial charge in [0, 0.05) is 7.05 Å². The molecule has 0 radical (unpaired) electrons. The van der Waals surface area contributed by atoms with Crippen molar-refractivity contribution in [2.24, 2.45) is 0 Å². The van der Waals surface area contributed by atoms with E-state index in [0.29, 0.717) is 4.90 Å². The van der Waals surface area contributed by atoms with Crippen molar-refractivity contribution in [3.8, 4) is 5.75 Å². The molecule has 1 aromatic rings. The number of carbonyl (C=O) groups is 1. The van der Waals surface area contributed by atoms with Crippen LogP contribution in [0.1, 0.15) is 0 Å². The predicted octanol–water partition coefficient (Wildman–Crippen LogP) is 2.56. The van der Waals surface area contributed by atoms with E-state index >= 15 is 0 Å². The lowest BCUT2D eigenvalue weighted by molar-refractivity contribution is -0.179. The number of halogens is 5. The normalized spacial score (nSPS) is 11.6. The molecule has 1 amide bonds. The molecule has 0 unspecified atom stereocenters. The fourth-order valence-electron chi connectivity index (χ4n) is 1.30. The van der Waals surface area contributed by atoms with Crippen LogP contribution < -0.4 is 4.74 Å². The van der Waals surface area contributed by atoms with Gasteiger partial charge in [0.25, 0.3) is 5.91 Å². The number of alkyl halides is 4. The fraction of sp³-hybridized carbons (Fsp3) is 0.417. The van der Waals surface area contributed by atoms with Crippen molar-refractivity contribution in [3.05, 3.63) is 30.1 Å². The second-order valence-electron chi connectivity index (χ2n) is 3.93. The molecule has 0 aromatic heterocycles. The Bertz CT molecular complexity index is 467. The molecule has 0 N–H and O–H groups in total. The van der Waals surface area contributed by atoms with Crippen molar-refractivity contribution in [2.45, 2.75) is 12.3 Å². The van der Waals surface area contributed by atoms with Crippen LogP contribution in [0.25, 0.3) is 0 Å². The lowest BCUT2D eigenvalue weighted by Gasteiger charge is -2.22. The first-order chi connectivity index (χ1) is 9.26. The average Bonchev–Trinajstić information content (AvgIpc) is 2.39. The quantitative estimate of drug-likeness (QED) is 0.755. The van der Waals surface area contributed by atoms with Gasteiger partial charge >= 0.3 is 12.3 Å². The molecule has 112 valence electrons. The number of hydrogen-bond donors (Lipinski definition) is 0. The van der Waals surface area contributed by atoms with Gasteiger partial charge in [-0.1, -0.05) is 12.1 Å². The van der Waals surface area contributed by atoms with Crippen LogP contribution in [0.15, 0.2) is 24.3 Å². The zero-order valence-corrected chi connectivity index (χ0v) is 10.5. The molecular weight excluding hydrogens is 285 g/mol. The first-order valence-corrected chi connectivity index (χ1v) is 5.55. The van der Waals surface area contributed by atoms with E-state index in [2.05, 4.69) is 0 Å². The average molecular weight is 297 g/mol. The van der Waals surface area contributed by atoms with Crippen LogP contribution in [0, 0.1) is 5.82 Å². The molecule has 0 fully saturated rings. The second-order valence-corrected chi connectivity index (χ2v) is 3.93. The van der Waals surface area contributed by atoms with E-state index in [0.717, 1.165) is 13.1 Å². The van der Waals surface area contributed by atoms with Gasteiger partial charge in [-0.3, -0.25) is 4.79 Å². The third-order valence-electron chi connectivity index (χ3n) is 2.43. The third-order valence-corrected chi connectivity index (χ3v) is 2.43. The highest BCUT2D eigenvalue weighted by molar-refractivity contribution is 5.83. The van der Waals surface area contributed by atoms with Crippen LogP contribution in [0.3, 0.4) is 0 Å². The SMILES string of the molecule is CN(CCOc1ccccc1F)C(=O)C(F)(F)C(F)F. The maximum absolute atomic E-state index is 13.1. The molecule has 8 heteroatoms. The van der Waals surface area contributed by atoms with Gasteiger partial charge in [-0.2, -0.15) is 8.78 Å². The summed E-state index contributed by atoms with van der Waals surface area (Å²) in [5.41, 5.74) is 0. The van der Waals surface area contributed by atoms with Gasteiger partial charge in [0.1, 0.15) is 6.61 Å². The van der Waals surface area contributed by atoms with Gasteiger partial charge in [-0.25, -0.2) is 13.2 Å². The minimum Gasteiger partial charge on any atom is -0.489 e. The molecule has 3 nitrogen and oxygen atoms in total. The molecule has 0 heterocycles. The third kappa shape index (κ3) is 3.82. The monoisotopic (exact) mass is 297 g/mol. The van der Waals surface area contributed by atoms with Crippen molar-refractivity contribution in [3.63, 3.8) is 0 Å². The molecule has 0 saturated heterocycles. The maximum Gasteiger partial charge on any atom is 0.383 e. The van der Waals surface area contributed by atoms with E-state index in [4.69, 9.17) is 4.74 Å². The second kappa shape index (κ2) is 6.53. The largest absolute Gasteiger partial charge is 0.489 e. The number of amides is 1. The lowest BCUT2D eigenvalue weighted by atomic mass is 10.3. The smallest absolute Gasteiger partial charge is 0.383 e. The minimum absolute atomic E-state index is 0.117. The van der Waals surface area contributed by atoms with Crippen molar-refractivity contribution in [1.29, 1.82) is 0 Å². The summed E-state index contributed by atoms with van der Waals surface area (Å²) in [5.74, 6) is -7.52. The van der Waals surface area contributed by atoms with E-state index in [-0.39, 0.29) is 18.9 Å². The molecule has 1 rings (SSSR count). The van der Waals surface area contributed by atoms with Gasteiger partial charge < -0.3 is 9.64 Å². The summed E-state index contributed by atoms with van der Waals surface area (Å²) in [6, 6.07) is 5.37. The highest BCUT2D eigenvalue weighted by atomic mass is 19.3. The van der Waals surface area contributed by atoms with E-state index in [1.54, 1.807) is 0 Å². The number of likely N-dealkylation sites (N-methyl/N-ethyl adjacent to an activating group) is 1. The van der Waals surface area contributed by atoms with E-state index in [1.807, 2.05) is 0 Å². The number of hydrogen-bond acceptors (Lipinski definition) is 2. The first-order valence-electron chi connectivity index (χ1n) is 5.55. The molecule has 0 aliphatic heterocycles. The molecular formula is C12H12F5NO2. The Morgan fingerprint density at radius 3 is 2.50 bits per heavy atom. The highest BCUT2D eigenvalue weighted by Gasteiger charge is 2.50. The zero-order valence-electron chi connectivity index (χ0n) is 10.5. The van der Waals surface area contributed by atoms with Crippen LogP contribution in [-0.2, 0) is 4.79 Å². The summed E-state index contributed by atoms with van der Waals surface area (Å²) < 4.78 is 67.6. The van der Waals surface area contributed by atoms with Crippen LogP contribution in [0.5, 0.6) is 5.75 Å². The number of rotatable bonds is 6. The minimum atomic E-state index is -4.74. The summed E-state index contributed by atoms with van der Waals surface area (Å²) in [7, 11) is 0.934. The molecule has 1 aromatic carbocycles. The van der Waals surface area contributed by atoms with E-state index in [9.17, 15) is 26.7 Å². The Labute approximate surface area is 111 Å². The lowest BCUT2D eigenvalue weighted by Crippen LogP contribution is -2.47. The van der Waals surface area contributed by atoms with Crippen LogP contribution in [-0.4, -0.2) is 43.4 Å². The van der Waals surface area contributed by atoms with Crippen LogP contribution in [0.2, 0.25) is 0 Å². The molecule has 0 atom stereocenters. The maximum atomic E-state index is 13.1. The van der Waals surface area contributed by atoms with Crippen molar-refractivity contribution >= 4 is 5.91 Å². The Balaban J connectivity index is 2.50. The van der Waals surface area contributed by atoms with Crippen molar-refractivity contribution in [1.82, 2.24) is 4.90 Å². The Morgan fingerprint density at radius 2 is 1.95 bits per heavy atom. The topological polar surface area (TPSA) is 29.5 Å². The number of benzene rings is 1. The first kappa shape index (κ1) is 16.2. The number of para-hydroxylation sites is 1. The van der Waals surface area contributed by atoms with Crippen molar-refractivity contribution in [2.75, 3.05) is 20.2 Å². The number of ether oxygens (including phenoxy) is 1. The van der Waals surface area contributed by atoms with E-state index < -0.39 is 24.1 Å². The molecule has 0 aliphatic rings. The summed E-state index contributed by atoms with van der Waals surface area (Å²) in [5, 5.41) is 0. The van der Waals surface area contributed by atoms with Gasteiger partial charge in [0.05, 0.1) is 6.54 Å². The van der Waals surface area contributed by atoms with Gasteiger partial charge in [-0.15, -0.1) is 0 Å². The number of nitrogens with zero attached hydrogens (tertiary/aromatic N) is 1. The highest BCUT2D eigenvalue weighted by Crippen LogP contribution is 2.24.